The predicted octanol–water partition coefficient (Wildman–Crippen LogP) is 5.91. The van der Waals surface area contributed by atoms with E-state index < -0.39 is 112 Å². The molecule has 522 valence electrons. The number of carboxylic acids is 1. The fraction of sp³-hybridized carbons (Fsp3) is 0.507. The zero-order valence-corrected chi connectivity index (χ0v) is 56.0. The van der Waals surface area contributed by atoms with Crippen LogP contribution in [0.25, 0.3) is 11.1 Å². The van der Waals surface area contributed by atoms with Crippen LogP contribution in [-0.4, -0.2) is 185 Å². The second-order valence-corrected chi connectivity index (χ2v) is 25.3. The van der Waals surface area contributed by atoms with Crippen molar-refractivity contribution in [3.8, 4) is 11.1 Å². The van der Waals surface area contributed by atoms with Gasteiger partial charge in [-0.15, -0.1) is 0 Å². The predicted molar refractivity (Wildman–Crippen MR) is 352 cm³/mol. The van der Waals surface area contributed by atoms with Crippen LogP contribution in [-0.2, 0) is 84.7 Å². The van der Waals surface area contributed by atoms with Crippen LogP contribution in [0.2, 0.25) is 0 Å². The molecule has 2 aromatic heterocycles. The lowest BCUT2D eigenvalue weighted by Crippen LogP contribution is -2.47. The minimum Gasteiger partial charge on any atom is -0.481 e. The highest BCUT2D eigenvalue weighted by Gasteiger charge is 2.38. The number of carbonyl (C=O) groups is 11. The molecule has 0 saturated carbocycles. The highest BCUT2D eigenvalue weighted by Crippen LogP contribution is 2.42. The van der Waals surface area contributed by atoms with Crippen molar-refractivity contribution in [3.05, 3.63) is 126 Å². The van der Waals surface area contributed by atoms with Crippen molar-refractivity contribution in [2.45, 2.75) is 123 Å². The highest BCUT2D eigenvalue weighted by atomic mass is 32.2. The molecule has 0 spiro atoms. The maximum atomic E-state index is 15.6. The number of hydrogen-bond acceptors (Lipinski definition) is 17. The van der Waals surface area contributed by atoms with E-state index in [0.717, 1.165) is 52.6 Å². The number of primary amides is 1. The standard InChI is InChI=1S/C69H90F2N8O16S/c1-6-12-49(38-59(82)46(2)75-61(84)35-47-20-23-73-24-21-47)67(89)76-56(40-60(72)83)58(81)15-10-11-26-78(66(69(3,4)5)57-37-50(54-39-52(70)16-17-55(54)71)42-77(57)41-48-13-8-7-9-14-48)65(88)45-96-44-51(68(90)91)36-53(80)22-27-92-29-31-94-33-34-95-32-30-93-28-25-74-62(85)43-79-63(86)18-19-64(79)87/h7-9,13-14,16-21,23-24,37,39,42,46,49,51,56,66H,6,10-12,15,22,25-36,38,40-41,43-45H2,1-5H3,(H2,72,83)(H,74,85)(H,75,84)(H,76,89)(H,90,91)/t46-,49-,51-,56-,66-/m0/s1. The van der Waals surface area contributed by atoms with Gasteiger partial charge in [-0.3, -0.25) is 62.6 Å². The van der Waals surface area contributed by atoms with Crippen molar-refractivity contribution in [3.63, 3.8) is 0 Å². The number of Topliss-reactive ketones (excluding diaryl/α,β-unsaturated/α-hetero) is 3. The SMILES string of the molecule is CCC[C@@H](CC(=O)[C@H](C)NC(=O)Cc1ccncc1)C(=O)N[C@@H](CC(N)=O)C(=O)CCCCN(C(=O)CSC[C@H](CC(=O)CCOCCOCCOCCOCCNC(=O)CN1C(=O)C=CC1=O)C(=O)O)[C@@H](c1cc(-c2cc(F)ccc2F)cn1Cc1ccccc1)C(C)(C)C. The fourth-order valence-electron chi connectivity index (χ4n) is 10.6. The summed E-state index contributed by atoms with van der Waals surface area (Å²) in [5.41, 5.74) is 7.29. The van der Waals surface area contributed by atoms with Gasteiger partial charge in [0.15, 0.2) is 11.6 Å². The average molecular weight is 1360 g/mol. The maximum Gasteiger partial charge on any atom is 0.307 e. The number of ketones is 3. The van der Waals surface area contributed by atoms with Crippen molar-refractivity contribution >= 4 is 76.4 Å². The Balaban J connectivity index is 1.19. The van der Waals surface area contributed by atoms with Crippen molar-refractivity contribution < 1.29 is 85.6 Å². The Bertz CT molecular complexity index is 3270. The number of benzene rings is 2. The summed E-state index contributed by atoms with van der Waals surface area (Å²) >= 11 is 1.03. The fourth-order valence-corrected chi connectivity index (χ4v) is 11.6. The van der Waals surface area contributed by atoms with Crippen LogP contribution in [0.15, 0.2) is 97.5 Å². The van der Waals surface area contributed by atoms with Crippen LogP contribution < -0.4 is 21.7 Å². The lowest BCUT2D eigenvalue weighted by molar-refractivity contribution is -0.143. The van der Waals surface area contributed by atoms with Crippen LogP contribution in [0.1, 0.15) is 115 Å². The number of nitrogens with zero attached hydrogens (tertiary/aromatic N) is 4. The molecule has 0 unspecified atom stereocenters. The molecule has 27 heteroatoms. The van der Waals surface area contributed by atoms with E-state index in [0.29, 0.717) is 23.2 Å². The molecule has 0 saturated heterocycles. The molecular formula is C69H90F2N8O16S. The Morgan fingerprint density at radius 1 is 0.740 bits per heavy atom. The summed E-state index contributed by atoms with van der Waals surface area (Å²) in [4.78, 5) is 149. The minimum absolute atomic E-state index is 0.00805. The minimum atomic E-state index is -1.35. The summed E-state index contributed by atoms with van der Waals surface area (Å²) in [6, 6.07) is 14.5. The third-order valence-electron chi connectivity index (χ3n) is 15.5. The third kappa shape index (κ3) is 27.4. The summed E-state index contributed by atoms with van der Waals surface area (Å²) < 4.78 is 54.2. The van der Waals surface area contributed by atoms with E-state index in [-0.39, 0.29) is 153 Å². The molecule has 5 atom stereocenters. The van der Waals surface area contributed by atoms with Crippen LogP contribution in [0, 0.1) is 28.9 Å². The van der Waals surface area contributed by atoms with Gasteiger partial charge in [0.2, 0.25) is 29.5 Å². The number of unbranched alkanes of at least 4 members (excludes halogenated alkanes) is 1. The first-order chi connectivity index (χ1) is 45.8. The first-order valence-electron chi connectivity index (χ1n) is 32.1. The number of thioether (sulfide) groups is 1. The molecule has 5 rings (SSSR count). The second-order valence-electron chi connectivity index (χ2n) is 24.3. The van der Waals surface area contributed by atoms with Gasteiger partial charge in [0.1, 0.15) is 24.0 Å². The summed E-state index contributed by atoms with van der Waals surface area (Å²) in [5.74, 6) is -10.2. The molecule has 0 radical (unpaired) electrons. The normalized spacial score (nSPS) is 13.8. The number of nitrogens with one attached hydrogen (secondary N) is 3. The molecule has 2 aromatic carbocycles. The smallest absolute Gasteiger partial charge is 0.307 e. The van der Waals surface area contributed by atoms with Gasteiger partial charge < -0.3 is 55.2 Å². The lowest BCUT2D eigenvalue weighted by Gasteiger charge is -2.41. The number of aromatic nitrogens is 2. The molecule has 0 aliphatic carbocycles. The quantitative estimate of drug-likeness (QED) is 0.0254. The van der Waals surface area contributed by atoms with Crippen molar-refractivity contribution in [2.24, 2.45) is 23.0 Å². The molecule has 24 nitrogen and oxygen atoms in total. The number of hydrogen-bond donors (Lipinski definition) is 5. The first-order valence-corrected chi connectivity index (χ1v) is 33.2. The summed E-state index contributed by atoms with van der Waals surface area (Å²) in [6.45, 7) is 10.7. The topological polar surface area (TPSA) is 331 Å². The van der Waals surface area contributed by atoms with E-state index in [9.17, 15) is 62.2 Å². The monoisotopic (exact) mass is 1360 g/mol. The van der Waals surface area contributed by atoms with Crippen molar-refractivity contribution in [2.75, 3.05) is 84.0 Å². The van der Waals surface area contributed by atoms with Crippen molar-refractivity contribution in [1.82, 2.24) is 35.3 Å². The molecule has 0 fully saturated rings. The van der Waals surface area contributed by atoms with Crippen LogP contribution in [0.4, 0.5) is 8.78 Å². The van der Waals surface area contributed by atoms with Gasteiger partial charge >= 0.3 is 5.97 Å². The molecule has 1 aliphatic rings. The van der Waals surface area contributed by atoms with Crippen LogP contribution >= 0.6 is 11.8 Å². The number of imide groups is 1. The maximum absolute atomic E-state index is 15.6. The van der Waals surface area contributed by atoms with E-state index >= 15 is 4.39 Å². The highest BCUT2D eigenvalue weighted by molar-refractivity contribution is 7.99. The van der Waals surface area contributed by atoms with Gasteiger partial charge in [-0.25, -0.2) is 8.78 Å². The number of amides is 7. The lowest BCUT2D eigenvalue weighted by atomic mass is 9.82. The number of pyridine rings is 1. The van der Waals surface area contributed by atoms with E-state index in [1.165, 1.54) is 6.92 Å². The molecular weight excluding hydrogens is 1270 g/mol. The van der Waals surface area contributed by atoms with E-state index in [2.05, 4.69) is 20.9 Å². The molecule has 6 N–H and O–H groups in total. The summed E-state index contributed by atoms with van der Waals surface area (Å²) in [6.07, 6.45) is 6.73. The zero-order chi connectivity index (χ0) is 70.2. The van der Waals surface area contributed by atoms with Gasteiger partial charge in [0.05, 0.1) is 95.5 Å². The summed E-state index contributed by atoms with van der Waals surface area (Å²) in [5, 5.41) is 18.2. The van der Waals surface area contributed by atoms with Gasteiger partial charge in [0.25, 0.3) is 11.8 Å². The molecule has 96 heavy (non-hydrogen) atoms. The average Bonchev–Trinajstić information content (AvgIpc) is 1.58. The molecule has 7 amide bonds. The number of rotatable bonds is 47. The van der Waals surface area contributed by atoms with E-state index in [1.54, 1.807) is 41.7 Å². The van der Waals surface area contributed by atoms with Crippen molar-refractivity contribution in [1.29, 1.82) is 0 Å². The van der Waals surface area contributed by atoms with E-state index in [4.69, 9.17) is 24.7 Å². The molecule has 3 heterocycles. The van der Waals surface area contributed by atoms with Gasteiger partial charge in [-0.05, 0) is 79.1 Å². The number of aliphatic carboxylic acids is 1. The third-order valence-corrected chi connectivity index (χ3v) is 16.6. The van der Waals surface area contributed by atoms with Gasteiger partial charge in [-0.1, -0.05) is 64.4 Å². The number of carboxylic acid groups (broad SMARTS) is 1. The number of halogens is 2. The Kier molecular flexibility index (Phi) is 33.4. The molecule has 4 aromatic rings. The van der Waals surface area contributed by atoms with Crippen LogP contribution in [0.5, 0.6) is 0 Å². The Morgan fingerprint density at radius 3 is 2.01 bits per heavy atom. The zero-order valence-electron chi connectivity index (χ0n) is 55.2. The molecule has 0 bridgehead atoms. The van der Waals surface area contributed by atoms with E-state index in [1.807, 2.05) is 62.6 Å². The number of ether oxygens (including phenoxy) is 4. The Hall–Kier alpha value is -8.37. The summed E-state index contributed by atoms with van der Waals surface area (Å²) in [7, 11) is 0. The van der Waals surface area contributed by atoms with Crippen LogP contribution in [0.3, 0.4) is 0 Å². The first kappa shape index (κ1) is 78.3. The Morgan fingerprint density at radius 2 is 1.39 bits per heavy atom. The molecule has 1 aliphatic heterocycles. The number of carbonyl (C=O) groups excluding carboxylic acids is 10. The second kappa shape index (κ2) is 40.9. The Labute approximate surface area is 562 Å². The largest absolute Gasteiger partial charge is 0.481 e. The number of nitrogens with two attached hydrogens (primary N) is 1. The van der Waals surface area contributed by atoms with Gasteiger partial charge in [-0.2, -0.15) is 11.8 Å². The van der Waals surface area contributed by atoms with Gasteiger partial charge in [0, 0.05) is 105 Å².